The second-order valence-electron chi connectivity index (χ2n) is 8.09. The number of phenols is 1. The van der Waals surface area contributed by atoms with Crippen LogP contribution < -0.4 is 0 Å². The van der Waals surface area contributed by atoms with Gasteiger partial charge in [-0.1, -0.05) is 47.5 Å². The molecule has 0 spiro atoms. The van der Waals surface area contributed by atoms with Crippen LogP contribution in [0.3, 0.4) is 0 Å². The first-order valence-corrected chi connectivity index (χ1v) is 11.5. The molecule has 2 saturated heterocycles. The van der Waals surface area contributed by atoms with Crippen LogP contribution in [0, 0.1) is 0 Å². The smallest absolute Gasteiger partial charge is 0.115 e. The summed E-state index contributed by atoms with van der Waals surface area (Å²) in [6, 6.07) is 19.3. The van der Waals surface area contributed by atoms with Gasteiger partial charge in [-0.2, -0.15) is 11.3 Å². The number of nitrogens with zero attached hydrogens (tertiary/aromatic N) is 1. The molecule has 2 aliphatic heterocycles. The molecule has 29 heavy (non-hydrogen) atoms. The summed E-state index contributed by atoms with van der Waals surface area (Å²) in [5.74, 6) is 0.318. The van der Waals surface area contributed by atoms with Crippen molar-refractivity contribution in [3.05, 3.63) is 92.6 Å². The number of phenolic OH excluding ortho intramolecular Hbond substituents is 1. The monoisotopic (exact) mass is 421 g/mol. The van der Waals surface area contributed by atoms with Gasteiger partial charge in [-0.3, -0.25) is 4.90 Å². The summed E-state index contributed by atoms with van der Waals surface area (Å²) in [6.45, 7) is 0.940. The van der Waals surface area contributed by atoms with E-state index in [9.17, 15) is 5.11 Å². The van der Waals surface area contributed by atoms with E-state index in [4.69, 9.17) is 11.6 Å². The first-order chi connectivity index (χ1) is 14.2. The summed E-state index contributed by atoms with van der Waals surface area (Å²) in [6.07, 6.45) is 4.72. The lowest BCUT2D eigenvalue weighted by Gasteiger charge is -2.37. The van der Waals surface area contributed by atoms with Crippen molar-refractivity contribution in [3.63, 3.8) is 0 Å². The number of rotatable bonds is 4. The summed E-state index contributed by atoms with van der Waals surface area (Å²) >= 11 is 8.19. The Balaban J connectivity index is 1.48. The molecule has 2 aliphatic rings. The molecular weight excluding hydrogens is 398 g/mol. The fraction of sp³-hybridized carbons (Fsp3) is 0.280. The van der Waals surface area contributed by atoms with E-state index in [0.717, 1.165) is 24.4 Å². The molecule has 1 aromatic heterocycles. The summed E-state index contributed by atoms with van der Waals surface area (Å²) in [4.78, 5) is 2.67. The Bertz CT molecular complexity index is 1010. The zero-order valence-corrected chi connectivity index (χ0v) is 17.8. The van der Waals surface area contributed by atoms with Gasteiger partial charge >= 0.3 is 0 Å². The minimum atomic E-state index is 0.318. The molecule has 2 nitrogen and oxygen atoms in total. The Morgan fingerprint density at radius 2 is 1.69 bits per heavy atom. The molecule has 2 atom stereocenters. The van der Waals surface area contributed by atoms with Crippen LogP contribution in [0.25, 0.3) is 5.57 Å². The third-order valence-electron chi connectivity index (χ3n) is 6.37. The Hall–Kier alpha value is -2.07. The Kier molecular flexibility index (Phi) is 5.21. The van der Waals surface area contributed by atoms with E-state index in [1.54, 1.807) is 29.0 Å². The first kappa shape index (κ1) is 18.9. The van der Waals surface area contributed by atoms with Gasteiger partial charge in [0.25, 0.3) is 0 Å². The molecule has 0 aliphatic carbocycles. The number of hydrogen-bond acceptors (Lipinski definition) is 3. The number of fused-ring (bicyclic) bond motifs is 2. The molecule has 2 aromatic carbocycles. The second kappa shape index (κ2) is 7.98. The lowest BCUT2D eigenvalue weighted by atomic mass is 9.86. The van der Waals surface area contributed by atoms with Gasteiger partial charge in [-0.05, 0) is 83.0 Å². The van der Waals surface area contributed by atoms with Crippen LogP contribution in [-0.4, -0.2) is 22.1 Å². The van der Waals surface area contributed by atoms with Gasteiger partial charge in [0.2, 0.25) is 0 Å². The lowest BCUT2D eigenvalue weighted by Crippen LogP contribution is -2.40. The normalized spacial score (nSPS) is 21.5. The van der Waals surface area contributed by atoms with E-state index >= 15 is 0 Å². The molecule has 4 heteroatoms. The van der Waals surface area contributed by atoms with E-state index in [2.05, 4.69) is 33.9 Å². The average Bonchev–Trinajstić information content (AvgIpc) is 3.32. The highest BCUT2D eigenvalue weighted by Gasteiger charge is 2.39. The SMILES string of the molecule is Oc1ccc(C(=C2CC3CCC(C2)N3Cc2ccccc2Cl)c2ccsc2)cc1. The third-order valence-corrected chi connectivity index (χ3v) is 7.42. The van der Waals surface area contributed by atoms with E-state index in [-0.39, 0.29) is 0 Å². The van der Waals surface area contributed by atoms with E-state index in [0.29, 0.717) is 17.8 Å². The van der Waals surface area contributed by atoms with Crippen molar-refractivity contribution >= 4 is 28.5 Å². The summed E-state index contributed by atoms with van der Waals surface area (Å²) in [5, 5.41) is 15.0. The van der Waals surface area contributed by atoms with Crippen molar-refractivity contribution in [2.75, 3.05) is 0 Å². The van der Waals surface area contributed by atoms with Crippen molar-refractivity contribution in [3.8, 4) is 5.75 Å². The first-order valence-electron chi connectivity index (χ1n) is 10.2. The van der Waals surface area contributed by atoms with Crippen molar-refractivity contribution in [1.29, 1.82) is 0 Å². The molecular formula is C25H24ClNOS. The van der Waals surface area contributed by atoms with Gasteiger partial charge in [-0.25, -0.2) is 0 Å². The summed E-state index contributed by atoms with van der Waals surface area (Å²) in [7, 11) is 0. The zero-order chi connectivity index (χ0) is 19.8. The minimum Gasteiger partial charge on any atom is -0.508 e. The fourth-order valence-corrected chi connectivity index (χ4v) is 5.84. The van der Waals surface area contributed by atoms with Gasteiger partial charge in [0.1, 0.15) is 5.75 Å². The van der Waals surface area contributed by atoms with Crippen molar-refractivity contribution < 1.29 is 5.11 Å². The molecule has 5 rings (SSSR count). The van der Waals surface area contributed by atoms with Crippen LogP contribution in [0.5, 0.6) is 5.75 Å². The number of piperidine rings is 1. The van der Waals surface area contributed by atoms with Crippen LogP contribution in [0.4, 0.5) is 0 Å². The predicted octanol–water partition coefficient (Wildman–Crippen LogP) is 6.74. The van der Waals surface area contributed by atoms with Crippen LogP contribution in [0.2, 0.25) is 5.02 Å². The largest absolute Gasteiger partial charge is 0.508 e. The highest BCUT2D eigenvalue weighted by Crippen LogP contribution is 2.44. The number of halogens is 1. The summed E-state index contributed by atoms with van der Waals surface area (Å²) < 4.78 is 0. The van der Waals surface area contributed by atoms with Gasteiger partial charge in [0, 0.05) is 23.7 Å². The molecule has 2 bridgehead atoms. The molecule has 3 heterocycles. The van der Waals surface area contributed by atoms with Crippen LogP contribution >= 0.6 is 22.9 Å². The van der Waals surface area contributed by atoms with E-state index < -0.39 is 0 Å². The average molecular weight is 422 g/mol. The van der Waals surface area contributed by atoms with Crippen molar-refractivity contribution in [2.45, 2.75) is 44.3 Å². The molecule has 148 valence electrons. The minimum absolute atomic E-state index is 0.318. The molecule has 0 saturated carbocycles. The number of hydrogen-bond donors (Lipinski definition) is 1. The Morgan fingerprint density at radius 1 is 0.966 bits per heavy atom. The number of aromatic hydroxyl groups is 1. The Morgan fingerprint density at radius 3 is 2.34 bits per heavy atom. The number of thiophene rings is 1. The quantitative estimate of drug-likeness (QED) is 0.504. The van der Waals surface area contributed by atoms with Gasteiger partial charge < -0.3 is 5.11 Å². The van der Waals surface area contributed by atoms with Crippen LogP contribution in [0.15, 0.2) is 70.9 Å². The summed E-state index contributed by atoms with van der Waals surface area (Å²) in [5.41, 5.74) is 6.65. The Labute approximate surface area is 181 Å². The molecule has 3 aromatic rings. The van der Waals surface area contributed by atoms with Gasteiger partial charge in [0.15, 0.2) is 0 Å². The van der Waals surface area contributed by atoms with Gasteiger partial charge in [-0.15, -0.1) is 0 Å². The fourth-order valence-electron chi connectivity index (χ4n) is 5.00. The van der Waals surface area contributed by atoms with Crippen molar-refractivity contribution in [2.24, 2.45) is 0 Å². The van der Waals surface area contributed by atoms with Crippen molar-refractivity contribution in [1.82, 2.24) is 4.90 Å². The molecule has 1 N–H and O–H groups in total. The maximum Gasteiger partial charge on any atom is 0.115 e. The zero-order valence-electron chi connectivity index (χ0n) is 16.2. The predicted molar refractivity (Wildman–Crippen MR) is 121 cm³/mol. The molecule has 0 radical (unpaired) electrons. The number of benzene rings is 2. The van der Waals surface area contributed by atoms with E-state index in [1.807, 2.05) is 24.3 Å². The van der Waals surface area contributed by atoms with Crippen LogP contribution in [0.1, 0.15) is 42.4 Å². The van der Waals surface area contributed by atoms with Gasteiger partial charge in [0.05, 0.1) is 0 Å². The lowest BCUT2D eigenvalue weighted by molar-refractivity contribution is 0.158. The van der Waals surface area contributed by atoms with Crippen LogP contribution in [-0.2, 0) is 6.54 Å². The standard InChI is InChI=1S/C25H24ClNOS/c26-24-4-2-1-3-18(24)15-27-21-7-8-22(27)14-20(13-21)25(19-11-12-29-16-19)17-5-9-23(28)10-6-17/h1-6,9-12,16,21-22,28H,7-8,13-15H2. The molecule has 2 fully saturated rings. The highest BCUT2D eigenvalue weighted by atomic mass is 35.5. The maximum atomic E-state index is 9.74. The highest BCUT2D eigenvalue weighted by molar-refractivity contribution is 7.08. The molecule has 0 amide bonds. The molecule has 2 unspecified atom stereocenters. The third kappa shape index (κ3) is 3.75. The second-order valence-corrected chi connectivity index (χ2v) is 9.28. The maximum absolute atomic E-state index is 9.74. The topological polar surface area (TPSA) is 23.5 Å². The van der Waals surface area contributed by atoms with E-state index in [1.165, 1.54) is 35.1 Å².